The molecule has 2 fully saturated rings. The molecule has 2 aromatic carbocycles. The molecule has 5 rings (SSSR count). The van der Waals surface area contributed by atoms with Crippen LogP contribution in [-0.2, 0) is 24.4 Å². The van der Waals surface area contributed by atoms with Crippen molar-refractivity contribution in [3.8, 4) is 17.1 Å². The lowest BCUT2D eigenvalue weighted by molar-refractivity contribution is -0.126. The van der Waals surface area contributed by atoms with Gasteiger partial charge in [-0.2, -0.15) is 4.98 Å². The highest BCUT2D eigenvalue weighted by atomic mass is 16.5. The first-order valence-electron chi connectivity index (χ1n) is 13.8. The number of carbonyl (C=O) groups is 1. The van der Waals surface area contributed by atoms with Crippen LogP contribution in [0.5, 0.6) is 5.75 Å². The number of rotatable bonds is 9. The molecule has 38 heavy (non-hydrogen) atoms. The molecule has 1 atom stereocenters. The summed E-state index contributed by atoms with van der Waals surface area (Å²) in [6.07, 6.45) is 4.29. The van der Waals surface area contributed by atoms with Crippen LogP contribution in [0.3, 0.4) is 0 Å². The number of likely N-dealkylation sites (tertiary alicyclic amines) is 2. The highest BCUT2D eigenvalue weighted by Gasteiger charge is 2.26. The van der Waals surface area contributed by atoms with E-state index in [0.29, 0.717) is 24.8 Å². The second kappa shape index (κ2) is 12.5. The summed E-state index contributed by atoms with van der Waals surface area (Å²) < 4.78 is 10.7. The molecular weight excluding hydrogens is 478 g/mol. The predicted octanol–water partition coefficient (Wildman–Crippen LogP) is 4.51. The van der Waals surface area contributed by atoms with Crippen LogP contribution < -0.4 is 10.1 Å². The number of piperidine rings is 2. The summed E-state index contributed by atoms with van der Waals surface area (Å²) in [5, 5.41) is 7.31. The van der Waals surface area contributed by atoms with Gasteiger partial charge in [0, 0.05) is 31.1 Å². The van der Waals surface area contributed by atoms with Crippen molar-refractivity contribution >= 4 is 5.91 Å². The van der Waals surface area contributed by atoms with Gasteiger partial charge in [-0.05, 0) is 86.6 Å². The van der Waals surface area contributed by atoms with Crippen molar-refractivity contribution < 1.29 is 14.1 Å². The van der Waals surface area contributed by atoms with Crippen LogP contribution in [0.4, 0.5) is 0 Å². The molecule has 1 N–H and O–H groups in total. The lowest BCUT2D eigenvalue weighted by Gasteiger charge is -2.31. The predicted molar refractivity (Wildman–Crippen MR) is 146 cm³/mol. The maximum Gasteiger partial charge on any atom is 0.241 e. The topological polar surface area (TPSA) is 83.7 Å². The molecule has 2 aliphatic heterocycles. The Balaban J connectivity index is 1.05. The zero-order valence-electron chi connectivity index (χ0n) is 22.6. The second-order valence-corrected chi connectivity index (χ2v) is 10.8. The summed E-state index contributed by atoms with van der Waals surface area (Å²) in [7, 11) is 1.64. The number of aromatic nitrogens is 2. The highest BCUT2D eigenvalue weighted by molar-refractivity contribution is 5.78. The molecule has 0 saturated carbocycles. The van der Waals surface area contributed by atoms with Gasteiger partial charge in [0.25, 0.3) is 0 Å². The largest absolute Gasteiger partial charge is 0.497 e. The molecule has 2 aliphatic rings. The summed E-state index contributed by atoms with van der Waals surface area (Å²) in [5.74, 6) is 2.94. The lowest BCUT2D eigenvalue weighted by Crippen LogP contribution is -2.40. The fourth-order valence-electron chi connectivity index (χ4n) is 5.58. The first-order chi connectivity index (χ1) is 18.6. The standard InChI is InChI=1S/C30H39N5O3/c1-22-5-4-14-35(19-22)20-24-7-3-6-23(17-24)18-31-30(36)26-12-15-34(16-13-26)21-28-32-29(33-38-28)25-8-10-27(37-2)11-9-25/h3,6-11,17,22,26H,4-5,12-16,18-21H2,1-2H3,(H,31,36). The van der Waals surface area contributed by atoms with Gasteiger partial charge in [0.1, 0.15) is 5.75 Å². The Hall–Kier alpha value is -3.23. The molecule has 1 aromatic heterocycles. The van der Waals surface area contributed by atoms with Crippen molar-refractivity contribution in [2.75, 3.05) is 33.3 Å². The molecule has 8 heteroatoms. The Labute approximate surface area is 225 Å². The van der Waals surface area contributed by atoms with Gasteiger partial charge in [-0.15, -0.1) is 0 Å². The van der Waals surface area contributed by atoms with E-state index in [1.807, 2.05) is 24.3 Å². The number of methoxy groups -OCH3 is 1. The first-order valence-corrected chi connectivity index (χ1v) is 13.8. The number of nitrogens with zero attached hydrogens (tertiary/aromatic N) is 4. The average molecular weight is 518 g/mol. The zero-order valence-corrected chi connectivity index (χ0v) is 22.6. The third-order valence-corrected chi connectivity index (χ3v) is 7.74. The number of ether oxygens (including phenoxy) is 1. The average Bonchev–Trinajstić information content (AvgIpc) is 3.41. The summed E-state index contributed by atoms with van der Waals surface area (Å²) in [6.45, 7) is 8.54. The van der Waals surface area contributed by atoms with Crippen LogP contribution in [0.2, 0.25) is 0 Å². The van der Waals surface area contributed by atoms with Gasteiger partial charge in [-0.25, -0.2) is 0 Å². The summed E-state index contributed by atoms with van der Waals surface area (Å²) in [6, 6.07) is 16.3. The first kappa shape index (κ1) is 26.4. The number of hydrogen-bond donors (Lipinski definition) is 1. The normalized spacial score (nSPS) is 19.4. The summed E-state index contributed by atoms with van der Waals surface area (Å²) in [5.41, 5.74) is 3.39. The lowest BCUT2D eigenvalue weighted by atomic mass is 9.95. The molecule has 3 heterocycles. The molecule has 1 amide bonds. The molecular formula is C30H39N5O3. The van der Waals surface area contributed by atoms with Crippen LogP contribution in [0.25, 0.3) is 11.4 Å². The SMILES string of the molecule is COc1ccc(-c2noc(CN3CCC(C(=O)NCc4cccc(CN5CCCC(C)C5)c4)CC3)n2)cc1. The van der Waals surface area contributed by atoms with Crippen LogP contribution >= 0.6 is 0 Å². The molecule has 0 bridgehead atoms. The minimum atomic E-state index is 0.0433. The van der Waals surface area contributed by atoms with Crippen molar-refractivity contribution in [2.45, 2.75) is 52.2 Å². The monoisotopic (exact) mass is 517 g/mol. The van der Waals surface area contributed by atoms with Gasteiger partial charge in [0.15, 0.2) is 0 Å². The summed E-state index contributed by atoms with van der Waals surface area (Å²) >= 11 is 0. The molecule has 2 saturated heterocycles. The van der Waals surface area contributed by atoms with E-state index in [9.17, 15) is 4.79 Å². The molecule has 0 radical (unpaired) electrons. The van der Waals surface area contributed by atoms with Crippen molar-refractivity contribution in [3.05, 3.63) is 65.5 Å². The van der Waals surface area contributed by atoms with Gasteiger partial charge in [-0.3, -0.25) is 14.6 Å². The quantitative estimate of drug-likeness (QED) is 0.447. The molecule has 1 unspecified atom stereocenters. The van der Waals surface area contributed by atoms with Crippen molar-refractivity contribution in [1.82, 2.24) is 25.3 Å². The van der Waals surface area contributed by atoms with Gasteiger partial charge >= 0.3 is 0 Å². The van der Waals surface area contributed by atoms with E-state index < -0.39 is 0 Å². The van der Waals surface area contributed by atoms with Crippen LogP contribution in [0.1, 0.15) is 49.6 Å². The number of hydrogen-bond acceptors (Lipinski definition) is 7. The van der Waals surface area contributed by atoms with Gasteiger partial charge in [-0.1, -0.05) is 36.3 Å². The van der Waals surface area contributed by atoms with E-state index >= 15 is 0 Å². The van der Waals surface area contributed by atoms with E-state index in [1.54, 1.807) is 7.11 Å². The van der Waals surface area contributed by atoms with Crippen molar-refractivity contribution in [1.29, 1.82) is 0 Å². The minimum Gasteiger partial charge on any atom is -0.497 e. The Morgan fingerprint density at radius 2 is 1.82 bits per heavy atom. The van der Waals surface area contributed by atoms with Gasteiger partial charge in [0.05, 0.1) is 13.7 Å². The number of nitrogens with one attached hydrogen (secondary N) is 1. The third kappa shape index (κ3) is 6.99. The molecule has 202 valence electrons. The van der Waals surface area contributed by atoms with Gasteiger partial charge < -0.3 is 14.6 Å². The number of benzene rings is 2. The van der Waals surface area contributed by atoms with E-state index in [-0.39, 0.29) is 11.8 Å². The third-order valence-electron chi connectivity index (χ3n) is 7.74. The Kier molecular flexibility index (Phi) is 8.71. The molecule has 8 nitrogen and oxygen atoms in total. The smallest absolute Gasteiger partial charge is 0.241 e. The van der Waals surface area contributed by atoms with Crippen molar-refractivity contribution in [2.24, 2.45) is 11.8 Å². The molecule has 0 spiro atoms. The van der Waals surface area contributed by atoms with Crippen LogP contribution in [0, 0.1) is 11.8 Å². The van der Waals surface area contributed by atoms with E-state index in [0.717, 1.165) is 49.7 Å². The highest BCUT2D eigenvalue weighted by Crippen LogP contribution is 2.23. The van der Waals surface area contributed by atoms with Crippen molar-refractivity contribution in [3.63, 3.8) is 0 Å². The van der Waals surface area contributed by atoms with E-state index in [4.69, 9.17) is 9.26 Å². The Morgan fingerprint density at radius 3 is 2.58 bits per heavy atom. The van der Waals surface area contributed by atoms with Gasteiger partial charge in [0.2, 0.25) is 17.6 Å². The number of amides is 1. The maximum absolute atomic E-state index is 12.9. The van der Waals surface area contributed by atoms with E-state index in [2.05, 4.69) is 56.4 Å². The fraction of sp³-hybridized carbons (Fsp3) is 0.500. The van der Waals surface area contributed by atoms with Crippen LogP contribution in [-0.4, -0.2) is 59.1 Å². The fourth-order valence-corrected chi connectivity index (χ4v) is 5.58. The number of carbonyl (C=O) groups excluding carboxylic acids is 1. The molecule has 0 aliphatic carbocycles. The second-order valence-electron chi connectivity index (χ2n) is 10.8. The Morgan fingerprint density at radius 1 is 1.03 bits per heavy atom. The molecule has 3 aromatic rings. The Bertz CT molecular complexity index is 1190. The minimum absolute atomic E-state index is 0.0433. The zero-order chi connectivity index (χ0) is 26.3. The maximum atomic E-state index is 12.9. The van der Waals surface area contributed by atoms with E-state index in [1.165, 1.54) is 37.1 Å². The summed E-state index contributed by atoms with van der Waals surface area (Å²) in [4.78, 5) is 22.3. The van der Waals surface area contributed by atoms with Crippen LogP contribution in [0.15, 0.2) is 53.1 Å².